The Morgan fingerprint density at radius 3 is 2.39 bits per heavy atom. The van der Waals surface area contributed by atoms with Gasteiger partial charge in [-0.05, 0) is 29.8 Å². The molecular weight excluding hydrogens is 269 g/mol. The maximum absolute atomic E-state index is 6.08. The predicted molar refractivity (Wildman–Crippen MR) is 76.8 cm³/mol. The molecule has 2 aromatic rings. The number of hydrogen-bond acceptors (Lipinski definition) is 2. The van der Waals surface area contributed by atoms with E-state index in [1.807, 2.05) is 30.3 Å². The Labute approximate surface area is 116 Å². The van der Waals surface area contributed by atoms with Gasteiger partial charge in [-0.25, -0.2) is 0 Å². The molecule has 0 fully saturated rings. The summed E-state index contributed by atoms with van der Waals surface area (Å²) in [6.45, 7) is 0.640. The maximum Gasteiger partial charge on any atom is 0.119 e. The van der Waals surface area contributed by atoms with Crippen molar-refractivity contribution in [3.8, 4) is 5.75 Å². The minimum absolute atomic E-state index is 0.616. The standard InChI is InChI=1S/C14H13Cl2NO/c1-18-11-5-2-4-10(8-11)9-17-14-12(15)6-3-7-13(14)16/h2-8,17H,9H2,1H3. The number of benzene rings is 2. The lowest BCUT2D eigenvalue weighted by Crippen LogP contribution is -2.00. The van der Waals surface area contributed by atoms with Crippen LogP contribution in [0.5, 0.6) is 5.75 Å². The monoisotopic (exact) mass is 281 g/mol. The topological polar surface area (TPSA) is 21.3 Å². The van der Waals surface area contributed by atoms with Gasteiger partial charge in [-0.2, -0.15) is 0 Å². The number of ether oxygens (including phenoxy) is 1. The minimum Gasteiger partial charge on any atom is -0.497 e. The van der Waals surface area contributed by atoms with E-state index in [1.54, 1.807) is 19.2 Å². The Morgan fingerprint density at radius 1 is 1.06 bits per heavy atom. The fraction of sp³-hybridized carbons (Fsp3) is 0.143. The molecule has 0 saturated heterocycles. The number of hydrogen-bond donors (Lipinski definition) is 1. The van der Waals surface area contributed by atoms with E-state index in [0.717, 1.165) is 17.0 Å². The molecule has 0 saturated carbocycles. The van der Waals surface area contributed by atoms with Crippen molar-refractivity contribution in [2.24, 2.45) is 0 Å². The number of halogens is 2. The highest BCUT2D eigenvalue weighted by Crippen LogP contribution is 2.30. The Bertz CT molecular complexity index is 523. The first-order valence-electron chi connectivity index (χ1n) is 5.51. The number of nitrogens with one attached hydrogen (secondary N) is 1. The zero-order valence-corrected chi connectivity index (χ0v) is 11.4. The molecule has 0 aromatic heterocycles. The van der Waals surface area contributed by atoms with Gasteiger partial charge in [0.05, 0.1) is 22.8 Å². The van der Waals surface area contributed by atoms with Crippen molar-refractivity contribution in [2.75, 3.05) is 12.4 Å². The van der Waals surface area contributed by atoms with E-state index in [0.29, 0.717) is 16.6 Å². The van der Waals surface area contributed by atoms with Gasteiger partial charge in [0, 0.05) is 6.54 Å². The number of rotatable bonds is 4. The third-order valence-electron chi connectivity index (χ3n) is 2.57. The SMILES string of the molecule is COc1cccc(CNc2c(Cl)cccc2Cl)c1. The average Bonchev–Trinajstić information content (AvgIpc) is 2.38. The Kier molecular flexibility index (Phi) is 4.34. The van der Waals surface area contributed by atoms with Gasteiger partial charge in [0.2, 0.25) is 0 Å². The smallest absolute Gasteiger partial charge is 0.119 e. The van der Waals surface area contributed by atoms with E-state index in [2.05, 4.69) is 5.32 Å². The summed E-state index contributed by atoms with van der Waals surface area (Å²) in [5.74, 6) is 0.833. The van der Waals surface area contributed by atoms with Crippen LogP contribution >= 0.6 is 23.2 Å². The molecule has 0 spiro atoms. The quantitative estimate of drug-likeness (QED) is 0.883. The fourth-order valence-corrected chi connectivity index (χ4v) is 2.17. The molecule has 1 N–H and O–H groups in total. The lowest BCUT2D eigenvalue weighted by Gasteiger charge is -2.11. The van der Waals surface area contributed by atoms with Crippen LogP contribution in [0, 0.1) is 0 Å². The van der Waals surface area contributed by atoms with Crippen LogP contribution in [0.15, 0.2) is 42.5 Å². The molecule has 0 atom stereocenters. The third kappa shape index (κ3) is 3.09. The first-order chi connectivity index (χ1) is 8.70. The number of anilines is 1. The van der Waals surface area contributed by atoms with Gasteiger partial charge in [-0.15, -0.1) is 0 Å². The normalized spacial score (nSPS) is 10.2. The number of para-hydroxylation sites is 1. The van der Waals surface area contributed by atoms with E-state index >= 15 is 0 Å². The van der Waals surface area contributed by atoms with Crippen molar-refractivity contribution >= 4 is 28.9 Å². The summed E-state index contributed by atoms with van der Waals surface area (Å²) < 4.78 is 5.17. The first kappa shape index (κ1) is 13.1. The molecule has 2 rings (SSSR count). The molecule has 0 amide bonds. The molecule has 2 aromatic carbocycles. The summed E-state index contributed by atoms with van der Waals surface area (Å²) in [4.78, 5) is 0. The minimum atomic E-state index is 0.616. The van der Waals surface area contributed by atoms with Crippen LogP contribution in [-0.2, 0) is 6.54 Å². The summed E-state index contributed by atoms with van der Waals surface area (Å²) in [7, 11) is 1.65. The van der Waals surface area contributed by atoms with Crippen molar-refractivity contribution in [3.05, 3.63) is 58.1 Å². The molecule has 18 heavy (non-hydrogen) atoms. The van der Waals surface area contributed by atoms with Gasteiger partial charge in [0.25, 0.3) is 0 Å². The van der Waals surface area contributed by atoms with Crippen LogP contribution in [0.4, 0.5) is 5.69 Å². The van der Waals surface area contributed by atoms with Crippen LogP contribution in [0.25, 0.3) is 0 Å². The van der Waals surface area contributed by atoms with E-state index < -0.39 is 0 Å². The largest absolute Gasteiger partial charge is 0.497 e. The molecule has 0 radical (unpaired) electrons. The molecule has 0 aliphatic carbocycles. The van der Waals surface area contributed by atoms with Gasteiger partial charge >= 0.3 is 0 Å². The highest BCUT2D eigenvalue weighted by molar-refractivity contribution is 6.39. The van der Waals surface area contributed by atoms with Gasteiger partial charge in [-0.3, -0.25) is 0 Å². The Balaban J connectivity index is 2.11. The molecule has 0 heterocycles. The zero-order valence-electron chi connectivity index (χ0n) is 9.91. The third-order valence-corrected chi connectivity index (χ3v) is 3.20. The lowest BCUT2D eigenvalue weighted by atomic mass is 10.2. The van der Waals surface area contributed by atoms with Crippen molar-refractivity contribution in [2.45, 2.75) is 6.54 Å². The van der Waals surface area contributed by atoms with Crippen LogP contribution in [0.1, 0.15) is 5.56 Å². The highest BCUT2D eigenvalue weighted by atomic mass is 35.5. The zero-order chi connectivity index (χ0) is 13.0. The first-order valence-corrected chi connectivity index (χ1v) is 6.27. The number of methoxy groups -OCH3 is 1. The fourth-order valence-electron chi connectivity index (χ4n) is 1.64. The average molecular weight is 282 g/mol. The molecule has 0 bridgehead atoms. The second-order valence-corrected chi connectivity index (χ2v) is 4.62. The van der Waals surface area contributed by atoms with Crippen LogP contribution in [-0.4, -0.2) is 7.11 Å². The van der Waals surface area contributed by atoms with Gasteiger partial charge in [0.1, 0.15) is 5.75 Å². The van der Waals surface area contributed by atoms with Crippen LogP contribution < -0.4 is 10.1 Å². The summed E-state index contributed by atoms with van der Waals surface area (Å²) in [5.41, 5.74) is 1.86. The van der Waals surface area contributed by atoms with Crippen molar-refractivity contribution < 1.29 is 4.74 Å². The molecule has 94 valence electrons. The summed E-state index contributed by atoms with van der Waals surface area (Å²) in [5, 5.41) is 4.46. The maximum atomic E-state index is 6.08. The molecule has 4 heteroatoms. The lowest BCUT2D eigenvalue weighted by molar-refractivity contribution is 0.414. The Hall–Kier alpha value is -1.38. The van der Waals surface area contributed by atoms with E-state index in [-0.39, 0.29) is 0 Å². The molecule has 2 nitrogen and oxygen atoms in total. The molecular formula is C14H13Cl2NO. The summed E-state index contributed by atoms with van der Waals surface area (Å²) in [6, 6.07) is 13.3. The van der Waals surface area contributed by atoms with Gasteiger partial charge < -0.3 is 10.1 Å². The van der Waals surface area contributed by atoms with Crippen molar-refractivity contribution in [1.82, 2.24) is 0 Å². The second kappa shape index (κ2) is 5.98. The van der Waals surface area contributed by atoms with Gasteiger partial charge in [-0.1, -0.05) is 41.4 Å². The van der Waals surface area contributed by atoms with Crippen LogP contribution in [0.3, 0.4) is 0 Å². The van der Waals surface area contributed by atoms with E-state index in [4.69, 9.17) is 27.9 Å². The Morgan fingerprint density at radius 2 is 1.72 bits per heavy atom. The molecule has 0 unspecified atom stereocenters. The highest BCUT2D eigenvalue weighted by Gasteiger charge is 2.04. The molecule has 0 aliphatic heterocycles. The second-order valence-electron chi connectivity index (χ2n) is 3.80. The van der Waals surface area contributed by atoms with Crippen molar-refractivity contribution in [3.63, 3.8) is 0 Å². The van der Waals surface area contributed by atoms with E-state index in [1.165, 1.54) is 0 Å². The molecule has 0 aliphatic rings. The van der Waals surface area contributed by atoms with Gasteiger partial charge in [0.15, 0.2) is 0 Å². The van der Waals surface area contributed by atoms with Crippen molar-refractivity contribution in [1.29, 1.82) is 0 Å². The predicted octanol–water partition coefficient (Wildman–Crippen LogP) is 4.61. The summed E-state index contributed by atoms with van der Waals surface area (Å²) >= 11 is 12.2. The van der Waals surface area contributed by atoms with Crippen LogP contribution in [0.2, 0.25) is 10.0 Å². The van der Waals surface area contributed by atoms with E-state index in [9.17, 15) is 0 Å². The summed E-state index contributed by atoms with van der Waals surface area (Å²) in [6.07, 6.45) is 0.